The molecule has 0 amide bonds. The van der Waals surface area contributed by atoms with Gasteiger partial charge in [-0.3, -0.25) is 4.98 Å². The summed E-state index contributed by atoms with van der Waals surface area (Å²) in [5.74, 6) is 0. The van der Waals surface area contributed by atoms with Gasteiger partial charge < -0.3 is 5.73 Å². The summed E-state index contributed by atoms with van der Waals surface area (Å²) >= 11 is 6.14. The smallest absolute Gasteiger partial charge is 0.0709 e. The van der Waals surface area contributed by atoms with Gasteiger partial charge in [0.25, 0.3) is 0 Å². The maximum Gasteiger partial charge on any atom is 0.0709 e. The first-order chi connectivity index (χ1) is 6.59. The van der Waals surface area contributed by atoms with Crippen molar-refractivity contribution in [2.45, 2.75) is 13.8 Å². The van der Waals surface area contributed by atoms with Gasteiger partial charge >= 0.3 is 0 Å². The van der Waals surface area contributed by atoms with E-state index in [0.29, 0.717) is 5.69 Å². The molecule has 0 spiro atoms. The molecule has 0 unspecified atom stereocenters. The lowest BCUT2D eigenvalue weighted by Crippen LogP contribution is -1.91. The van der Waals surface area contributed by atoms with Crippen LogP contribution in [-0.4, -0.2) is 4.98 Å². The maximum absolute atomic E-state index is 6.14. The topological polar surface area (TPSA) is 38.9 Å². The fourth-order valence-electron chi connectivity index (χ4n) is 1.59. The van der Waals surface area contributed by atoms with Crippen LogP contribution in [0, 0.1) is 13.8 Å². The largest absolute Gasteiger partial charge is 0.397 e. The number of halogens is 1. The number of aryl methyl sites for hydroxylation is 2. The molecule has 72 valence electrons. The lowest BCUT2D eigenvalue weighted by atomic mass is 10.1. The van der Waals surface area contributed by atoms with Gasteiger partial charge in [0, 0.05) is 10.4 Å². The number of fused-ring (bicyclic) bond motifs is 1. The first-order valence-electron chi connectivity index (χ1n) is 4.40. The second kappa shape index (κ2) is 3.14. The van der Waals surface area contributed by atoms with E-state index in [0.717, 1.165) is 27.1 Å². The van der Waals surface area contributed by atoms with Gasteiger partial charge in [-0.1, -0.05) is 11.6 Å². The molecule has 0 fully saturated rings. The highest BCUT2D eigenvalue weighted by atomic mass is 35.5. The van der Waals surface area contributed by atoms with Crippen LogP contribution in [0.15, 0.2) is 18.3 Å². The van der Waals surface area contributed by atoms with Gasteiger partial charge in [-0.15, -0.1) is 0 Å². The third-order valence-corrected chi connectivity index (χ3v) is 2.95. The Hall–Kier alpha value is -1.28. The Balaban J connectivity index is 2.92. The lowest BCUT2D eigenvalue weighted by Gasteiger charge is -2.07. The van der Waals surface area contributed by atoms with Crippen LogP contribution in [0.4, 0.5) is 5.69 Å². The zero-order chi connectivity index (χ0) is 10.3. The van der Waals surface area contributed by atoms with E-state index in [1.165, 1.54) is 0 Å². The van der Waals surface area contributed by atoms with Gasteiger partial charge in [-0.05, 0) is 37.1 Å². The summed E-state index contributed by atoms with van der Waals surface area (Å²) in [6.07, 6.45) is 1.66. The van der Waals surface area contributed by atoms with Crippen molar-refractivity contribution in [2.24, 2.45) is 0 Å². The Bertz CT molecular complexity index is 506. The Labute approximate surface area is 87.7 Å². The van der Waals surface area contributed by atoms with Crippen LogP contribution in [0.25, 0.3) is 10.9 Å². The highest BCUT2D eigenvalue weighted by Crippen LogP contribution is 2.28. The molecule has 2 nitrogen and oxygen atoms in total. The van der Waals surface area contributed by atoms with E-state index in [-0.39, 0.29) is 0 Å². The quantitative estimate of drug-likeness (QED) is 0.720. The number of nitrogens with zero attached hydrogens (tertiary/aromatic N) is 1. The van der Waals surface area contributed by atoms with Crippen molar-refractivity contribution < 1.29 is 0 Å². The normalized spacial score (nSPS) is 10.8. The third kappa shape index (κ3) is 1.32. The van der Waals surface area contributed by atoms with Crippen LogP contribution < -0.4 is 5.73 Å². The van der Waals surface area contributed by atoms with Gasteiger partial charge in [0.1, 0.15) is 0 Å². The minimum Gasteiger partial charge on any atom is -0.397 e. The number of anilines is 1. The molecule has 2 N–H and O–H groups in total. The fourth-order valence-corrected chi connectivity index (χ4v) is 1.75. The minimum absolute atomic E-state index is 0.667. The third-order valence-electron chi connectivity index (χ3n) is 2.37. The molecule has 0 saturated heterocycles. The van der Waals surface area contributed by atoms with Crippen LogP contribution in [0.2, 0.25) is 5.02 Å². The Kier molecular flexibility index (Phi) is 2.08. The predicted octanol–water partition coefficient (Wildman–Crippen LogP) is 3.09. The molecule has 2 rings (SSSR count). The van der Waals surface area contributed by atoms with E-state index in [9.17, 15) is 0 Å². The predicted molar refractivity (Wildman–Crippen MR) is 60.6 cm³/mol. The van der Waals surface area contributed by atoms with Crippen LogP contribution in [0.3, 0.4) is 0 Å². The molecular weight excluding hydrogens is 196 g/mol. The average Bonchev–Trinajstić information content (AvgIpc) is 2.16. The van der Waals surface area contributed by atoms with Crippen LogP contribution in [0.1, 0.15) is 11.1 Å². The van der Waals surface area contributed by atoms with Crippen molar-refractivity contribution in [3.05, 3.63) is 34.5 Å². The summed E-state index contributed by atoms with van der Waals surface area (Å²) in [7, 11) is 0. The van der Waals surface area contributed by atoms with Crippen molar-refractivity contribution in [1.29, 1.82) is 0 Å². The summed E-state index contributed by atoms with van der Waals surface area (Å²) < 4.78 is 0. The van der Waals surface area contributed by atoms with Crippen molar-refractivity contribution in [3.8, 4) is 0 Å². The summed E-state index contributed by atoms with van der Waals surface area (Å²) in [6.45, 7) is 3.96. The molecule has 0 aliphatic rings. The second-order valence-corrected chi connectivity index (χ2v) is 3.85. The fraction of sp³-hybridized carbons (Fsp3) is 0.182. The van der Waals surface area contributed by atoms with E-state index in [2.05, 4.69) is 4.98 Å². The number of aromatic nitrogens is 1. The molecule has 0 atom stereocenters. The van der Waals surface area contributed by atoms with Crippen molar-refractivity contribution in [2.75, 3.05) is 5.73 Å². The molecule has 1 heterocycles. The van der Waals surface area contributed by atoms with Crippen molar-refractivity contribution in [3.63, 3.8) is 0 Å². The first kappa shape index (κ1) is 9.28. The molecule has 1 aromatic heterocycles. The van der Waals surface area contributed by atoms with E-state index in [1.807, 2.05) is 26.0 Å². The summed E-state index contributed by atoms with van der Waals surface area (Å²) in [5, 5.41) is 1.82. The minimum atomic E-state index is 0.667. The molecule has 0 bridgehead atoms. The highest BCUT2D eigenvalue weighted by molar-refractivity contribution is 6.33. The maximum atomic E-state index is 6.14. The standard InChI is InChI=1S/C11H11ClN2/c1-6-3-10-9(7(2)11(6)12)4-8(13)5-14-10/h3-5H,13H2,1-2H3. The van der Waals surface area contributed by atoms with Gasteiger partial charge in [-0.2, -0.15) is 0 Å². The highest BCUT2D eigenvalue weighted by Gasteiger charge is 2.06. The van der Waals surface area contributed by atoms with Crippen LogP contribution >= 0.6 is 11.6 Å². The van der Waals surface area contributed by atoms with Crippen LogP contribution in [-0.2, 0) is 0 Å². The Morgan fingerprint density at radius 2 is 2.00 bits per heavy atom. The van der Waals surface area contributed by atoms with E-state index in [1.54, 1.807) is 6.20 Å². The molecule has 3 heteroatoms. The zero-order valence-corrected chi connectivity index (χ0v) is 8.89. The van der Waals surface area contributed by atoms with Gasteiger partial charge in [0.15, 0.2) is 0 Å². The molecule has 0 radical (unpaired) electrons. The Morgan fingerprint density at radius 3 is 2.71 bits per heavy atom. The number of benzene rings is 1. The number of hydrogen-bond donors (Lipinski definition) is 1. The number of rotatable bonds is 0. The monoisotopic (exact) mass is 206 g/mol. The number of nitrogens with two attached hydrogens (primary N) is 1. The summed E-state index contributed by atoms with van der Waals surface area (Å²) in [5.41, 5.74) is 9.38. The summed E-state index contributed by atoms with van der Waals surface area (Å²) in [4.78, 5) is 4.26. The van der Waals surface area contributed by atoms with Gasteiger partial charge in [-0.25, -0.2) is 0 Å². The Morgan fingerprint density at radius 1 is 1.29 bits per heavy atom. The number of hydrogen-bond acceptors (Lipinski definition) is 2. The molecule has 0 saturated carbocycles. The zero-order valence-electron chi connectivity index (χ0n) is 8.13. The molecule has 14 heavy (non-hydrogen) atoms. The van der Waals surface area contributed by atoms with Crippen LogP contribution in [0.5, 0.6) is 0 Å². The lowest BCUT2D eigenvalue weighted by molar-refractivity contribution is 1.36. The van der Waals surface area contributed by atoms with E-state index >= 15 is 0 Å². The van der Waals surface area contributed by atoms with Crippen molar-refractivity contribution in [1.82, 2.24) is 4.98 Å². The molecule has 2 aromatic rings. The molecule has 0 aliphatic heterocycles. The molecule has 0 aliphatic carbocycles. The molecule has 1 aromatic carbocycles. The summed E-state index contributed by atoms with van der Waals surface area (Å²) in [6, 6.07) is 3.88. The van der Waals surface area contributed by atoms with Gasteiger partial charge in [0.2, 0.25) is 0 Å². The average molecular weight is 207 g/mol. The first-order valence-corrected chi connectivity index (χ1v) is 4.78. The van der Waals surface area contributed by atoms with E-state index in [4.69, 9.17) is 17.3 Å². The molecular formula is C11H11ClN2. The number of pyridine rings is 1. The second-order valence-electron chi connectivity index (χ2n) is 3.47. The number of nitrogen functional groups attached to an aromatic ring is 1. The SMILES string of the molecule is Cc1cc2ncc(N)cc2c(C)c1Cl. The van der Waals surface area contributed by atoms with Crippen molar-refractivity contribution >= 4 is 28.2 Å². The van der Waals surface area contributed by atoms with Gasteiger partial charge in [0.05, 0.1) is 17.4 Å². The van der Waals surface area contributed by atoms with E-state index < -0.39 is 0 Å².